The number of carboxylic acid groups (broad SMARTS) is 1. The zero-order valence-corrected chi connectivity index (χ0v) is 11.6. The van der Waals surface area contributed by atoms with Gasteiger partial charge >= 0.3 is 5.97 Å². The van der Waals surface area contributed by atoms with E-state index in [-0.39, 0.29) is 6.54 Å². The Balaban J connectivity index is 0.000000280. The number of rotatable bonds is 2. The van der Waals surface area contributed by atoms with Crippen molar-refractivity contribution in [2.24, 2.45) is 11.5 Å². The molecule has 0 aliphatic heterocycles. The minimum atomic E-state index is -0.968. The van der Waals surface area contributed by atoms with Crippen LogP contribution in [0.1, 0.15) is 42.5 Å². The maximum absolute atomic E-state index is 9.97. The summed E-state index contributed by atoms with van der Waals surface area (Å²) < 4.78 is 0. The summed E-state index contributed by atoms with van der Waals surface area (Å²) in [6, 6.07) is 3.97. The van der Waals surface area contributed by atoms with Crippen LogP contribution in [0.25, 0.3) is 0 Å². The highest BCUT2D eigenvalue weighted by Gasteiger charge is 2.06. The van der Waals surface area contributed by atoms with Gasteiger partial charge in [-0.2, -0.15) is 0 Å². The summed E-state index contributed by atoms with van der Waals surface area (Å²) in [7, 11) is 0. The molecule has 6 nitrogen and oxygen atoms in total. The Morgan fingerprint density at radius 2 is 2.00 bits per heavy atom. The molecule has 1 aromatic rings. The number of aliphatic carboxylic acids is 1. The summed E-state index contributed by atoms with van der Waals surface area (Å²) in [6.07, 6.45) is 10.6. The Bertz CT molecular complexity index is 365. The van der Waals surface area contributed by atoms with Crippen LogP contribution in [-0.2, 0) is 4.79 Å². The zero-order valence-electron chi connectivity index (χ0n) is 11.6. The number of nitrogens with zero attached hydrogens (tertiary/aromatic N) is 1. The predicted molar refractivity (Wildman–Crippen MR) is 77.4 cm³/mol. The number of hydrogen-bond acceptors (Lipinski definition) is 5. The lowest BCUT2D eigenvalue weighted by molar-refractivity contribution is -0.135. The summed E-state index contributed by atoms with van der Waals surface area (Å²) in [5, 5.41) is 7.60. The second kappa shape index (κ2) is 12.3. The first-order valence-electron chi connectivity index (χ1n) is 6.62. The number of carbonyl (C=O) groups is 2. The van der Waals surface area contributed by atoms with Crippen molar-refractivity contribution in [1.29, 1.82) is 0 Å². The van der Waals surface area contributed by atoms with Gasteiger partial charge in [0.1, 0.15) is 0 Å². The summed E-state index contributed by atoms with van der Waals surface area (Å²) in [4.78, 5) is 22.9. The molecule has 0 aromatic carbocycles. The highest BCUT2D eigenvalue weighted by Crippen LogP contribution is 2.14. The first-order valence-corrected chi connectivity index (χ1v) is 6.62. The largest absolute Gasteiger partial charge is 0.480 e. The Morgan fingerprint density at radius 3 is 2.25 bits per heavy atom. The van der Waals surface area contributed by atoms with E-state index in [9.17, 15) is 9.59 Å². The van der Waals surface area contributed by atoms with Gasteiger partial charge in [0.05, 0.1) is 6.54 Å². The zero-order chi connectivity index (χ0) is 15.2. The van der Waals surface area contributed by atoms with Gasteiger partial charge in [-0.15, -0.1) is 0 Å². The SMILES string of the molecule is NC1CCCCC1.NCC(=O)O.O=Cc1cccnc1. The molecular formula is C14H23N3O3. The molecule has 112 valence electrons. The third-order valence-corrected chi connectivity index (χ3v) is 2.64. The summed E-state index contributed by atoms with van der Waals surface area (Å²) >= 11 is 0. The van der Waals surface area contributed by atoms with Gasteiger partial charge in [0.2, 0.25) is 0 Å². The minimum absolute atomic E-state index is 0.278. The molecule has 1 aliphatic rings. The van der Waals surface area contributed by atoms with E-state index in [1.165, 1.54) is 38.3 Å². The van der Waals surface area contributed by atoms with E-state index in [4.69, 9.17) is 10.8 Å². The van der Waals surface area contributed by atoms with Crippen LogP contribution in [0.5, 0.6) is 0 Å². The van der Waals surface area contributed by atoms with E-state index in [0.717, 1.165) is 6.29 Å². The molecule has 0 spiro atoms. The first kappa shape index (κ1) is 18.2. The Hall–Kier alpha value is -1.79. The van der Waals surface area contributed by atoms with E-state index < -0.39 is 5.97 Å². The molecular weight excluding hydrogens is 258 g/mol. The topological polar surface area (TPSA) is 119 Å². The van der Waals surface area contributed by atoms with Crippen LogP contribution in [0, 0.1) is 0 Å². The smallest absolute Gasteiger partial charge is 0.317 e. The van der Waals surface area contributed by atoms with Crippen LogP contribution in [0.2, 0.25) is 0 Å². The minimum Gasteiger partial charge on any atom is -0.480 e. The maximum atomic E-state index is 9.97. The predicted octanol–water partition coefficient (Wildman–Crippen LogP) is 1.20. The van der Waals surface area contributed by atoms with Crippen LogP contribution in [0.4, 0.5) is 0 Å². The van der Waals surface area contributed by atoms with Crippen LogP contribution < -0.4 is 11.5 Å². The highest BCUT2D eigenvalue weighted by atomic mass is 16.4. The number of aldehydes is 1. The van der Waals surface area contributed by atoms with Crippen molar-refractivity contribution < 1.29 is 14.7 Å². The Kier molecular flexibility index (Phi) is 11.2. The van der Waals surface area contributed by atoms with Gasteiger partial charge in [-0.1, -0.05) is 19.3 Å². The molecule has 1 heterocycles. The molecule has 0 atom stereocenters. The Morgan fingerprint density at radius 1 is 1.40 bits per heavy atom. The normalized spacial score (nSPS) is 14.1. The van der Waals surface area contributed by atoms with Gasteiger partial charge < -0.3 is 16.6 Å². The van der Waals surface area contributed by atoms with E-state index in [0.29, 0.717) is 11.6 Å². The van der Waals surface area contributed by atoms with Gasteiger partial charge in [-0.3, -0.25) is 14.6 Å². The van der Waals surface area contributed by atoms with E-state index in [1.807, 2.05) is 0 Å². The fourth-order valence-corrected chi connectivity index (χ4v) is 1.58. The molecule has 0 bridgehead atoms. The van der Waals surface area contributed by atoms with Crippen LogP contribution in [0.15, 0.2) is 24.5 Å². The van der Waals surface area contributed by atoms with Gasteiger partial charge in [0.15, 0.2) is 6.29 Å². The summed E-state index contributed by atoms with van der Waals surface area (Å²) in [5.74, 6) is -0.968. The van der Waals surface area contributed by atoms with Gasteiger partial charge in [0.25, 0.3) is 0 Å². The second-order valence-electron chi connectivity index (χ2n) is 4.40. The quantitative estimate of drug-likeness (QED) is 0.701. The Labute approximate surface area is 119 Å². The van der Waals surface area contributed by atoms with Crippen molar-refractivity contribution in [2.45, 2.75) is 38.1 Å². The molecule has 2 rings (SSSR count). The molecule has 1 fully saturated rings. The van der Waals surface area contributed by atoms with Crippen molar-refractivity contribution >= 4 is 12.3 Å². The lowest BCUT2D eigenvalue weighted by Crippen LogP contribution is -2.22. The lowest BCUT2D eigenvalue weighted by atomic mass is 9.97. The maximum Gasteiger partial charge on any atom is 0.317 e. The number of pyridine rings is 1. The van der Waals surface area contributed by atoms with Crippen LogP contribution >= 0.6 is 0 Å². The van der Waals surface area contributed by atoms with Crippen molar-refractivity contribution in [1.82, 2.24) is 4.98 Å². The number of carboxylic acids is 1. The summed E-state index contributed by atoms with van der Waals surface area (Å²) in [5.41, 5.74) is 10.8. The van der Waals surface area contributed by atoms with E-state index in [2.05, 4.69) is 10.7 Å². The molecule has 1 saturated carbocycles. The van der Waals surface area contributed by atoms with Crippen molar-refractivity contribution in [3.63, 3.8) is 0 Å². The van der Waals surface area contributed by atoms with Crippen molar-refractivity contribution in [3.05, 3.63) is 30.1 Å². The third kappa shape index (κ3) is 11.3. The average Bonchev–Trinajstić information content (AvgIpc) is 2.50. The number of nitrogens with two attached hydrogens (primary N) is 2. The van der Waals surface area contributed by atoms with Crippen LogP contribution in [-0.4, -0.2) is 34.9 Å². The molecule has 5 N–H and O–H groups in total. The monoisotopic (exact) mass is 281 g/mol. The van der Waals surface area contributed by atoms with Gasteiger partial charge in [-0.05, 0) is 25.0 Å². The van der Waals surface area contributed by atoms with Crippen molar-refractivity contribution in [2.75, 3.05) is 6.54 Å². The molecule has 1 aromatic heterocycles. The fraction of sp³-hybridized carbons (Fsp3) is 0.500. The average molecular weight is 281 g/mol. The number of carbonyl (C=O) groups excluding carboxylic acids is 1. The third-order valence-electron chi connectivity index (χ3n) is 2.64. The first-order chi connectivity index (χ1) is 9.60. The van der Waals surface area contributed by atoms with Gasteiger partial charge in [-0.25, -0.2) is 0 Å². The van der Waals surface area contributed by atoms with Crippen LogP contribution in [0.3, 0.4) is 0 Å². The van der Waals surface area contributed by atoms with E-state index in [1.54, 1.807) is 18.3 Å². The number of aromatic nitrogens is 1. The van der Waals surface area contributed by atoms with Gasteiger partial charge in [0, 0.05) is 24.0 Å². The second-order valence-corrected chi connectivity index (χ2v) is 4.40. The molecule has 20 heavy (non-hydrogen) atoms. The molecule has 1 aliphatic carbocycles. The lowest BCUT2D eigenvalue weighted by Gasteiger charge is -2.15. The molecule has 0 radical (unpaired) electrons. The molecule has 6 heteroatoms. The van der Waals surface area contributed by atoms with Crippen molar-refractivity contribution in [3.8, 4) is 0 Å². The van der Waals surface area contributed by atoms with E-state index >= 15 is 0 Å². The molecule has 0 unspecified atom stereocenters. The summed E-state index contributed by atoms with van der Waals surface area (Å²) in [6.45, 7) is -0.278. The fourth-order valence-electron chi connectivity index (χ4n) is 1.58. The molecule has 0 amide bonds. The standard InChI is InChI=1S/C6H5NO.C6H13N.C2H5NO2/c8-5-6-2-1-3-7-4-6;7-6-4-2-1-3-5-6;3-1-2(4)5/h1-5H;6H,1-5,7H2;1,3H2,(H,4,5). The highest BCUT2D eigenvalue weighted by molar-refractivity contribution is 5.73. The molecule has 0 saturated heterocycles. The number of hydrogen-bond donors (Lipinski definition) is 3.